The Hall–Kier alpha value is -1.56. The van der Waals surface area contributed by atoms with Crippen LogP contribution in [0.5, 0.6) is 0 Å². The van der Waals surface area contributed by atoms with Crippen molar-refractivity contribution in [1.82, 2.24) is 0 Å². The van der Waals surface area contributed by atoms with Crippen LogP contribution in [0.25, 0.3) is 0 Å². The first-order valence-electron chi connectivity index (χ1n) is 7.68. The minimum Gasteiger partial charge on any atom is -0.481 e. The Bertz CT molecular complexity index is 602. The molecule has 2 rings (SSSR count). The molecule has 1 aliphatic carbocycles. The van der Waals surface area contributed by atoms with E-state index in [0.717, 1.165) is 24.1 Å². The lowest BCUT2D eigenvalue weighted by Crippen LogP contribution is -2.29. The van der Waals surface area contributed by atoms with Crippen molar-refractivity contribution in [3.05, 3.63) is 29.8 Å². The predicted octanol–water partition coefficient (Wildman–Crippen LogP) is 2.68. The van der Waals surface area contributed by atoms with E-state index in [2.05, 4.69) is 5.32 Å². The molecule has 0 unspecified atom stereocenters. The van der Waals surface area contributed by atoms with Gasteiger partial charge in [0.25, 0.3) is 0 Å². The fourth-order valence-corrected chi connectivity index (χ4v) is 3.68. The highest BCUT2D eigenvalue weighted by Crippen LogP contribution is 2.27. The van der Waals surface area contributed by atoms with Gasteiger partial charge in [0.2, 0.25) is 0 Å². The highest BCUT2D eigenvalue weighted by molar-refractivity contribution is 7.90. The molecule has 1 aromatic rings. The number of benzene rings is 1. The fourth-order valence-electron chi connectivity index (χ4n) is 2.77. The van der Waals surface area contributed by atoms with Crippen LogP contribution >= 0.6 is 0 Å². The lowest BCUT2D eigenvalue weighted by Gasteiger charge is -2.27. The summed E-state index contributed by atoms with van der Waals surface area (Å²) in [6.07, 6.45) is 3.12. The number of rotatable bonds is 6. The first-order chi connectivity index (χ1) is 10.4. The summed E-state index contributed by atoms with van der Waals surface area (Å²) < 4.78 is 23.2. The smallest absolute Gasteiger partial charge is 0.306 e. The fraction of sp³-hybridized carbons (Fsp3) is 0.562. The van der Waals surface area contributed by atoms with Crippen molar-refractivity contribution < 1.29 is 18.3 Å². The molecule has 0 aliphatic heterocycles. The van der Waals surface area contributed by atoms with Crippen LogP contribution in [0.1, 0.15) is 38.2 Å². The molecule has 122 valence electrons. The number of sulfone groups is 1. The summed E-state index contributed by atoms with van der Waals surface area (Å²) >= 11 is 0. The molecule has 1 aliphatic rings. The van der Waals surface area contributed by atoms with E-state index >= 15 is 0 Å². The van der Waals surface area contributed by atoms with Crippen molar-refractivity contribution in [3.63, 3.8) is 0 Å². The summed E-state index contributed by atoms with van der Waals surface area (Å²) in [6.45, 7) is 1.65. The third-order valence-electron chi connectivity index (χ3n) is 4.23. The maximum atomic E-state index is 11.6. The lowest BCUT2D eigenvalue weighted by atomic mass is 9.86. The summed E-state index contributed by atoms with van der Waals surface area (Å²) in [6, 6.07) is 7.74. The van der Waals surface area contributed by atoms with E-state index in [1.807, 2.05) is 24.3 Å². The number of carbonyl (C=O) groups is 1. The van der Waals surface area contributed by atoms with Crippen LogP contribution in [-0.4, -0.2) is 31.3 Å². The quantitative estimate of drug-likeness (QED) is 0.840. The van der Waals surface area contributed by atoms with Crippen LogP contribution in [0.15, 0.2) is 24.3 Å². The third kappa shape index (κ3) is 4.73. The zero-order valence-corrected chi connectivity index (χ0v) is 13.6. The largest absolute Gasteiger partial charge is 0.481 e. The third-order valence-corrected chi connectivity index (χ3v) is 5.88. The van der Waals surface area contributed by atoms with Crippen LogP contribution in [0.2, 0.25) is 0 Å². The Morgan fingerprint density at radius 3 is 2.27 bits per heavy atom. The van der Waals surface area contributed by atoms with Crippen LogP contribution in [0.4, 0.5) is 5.69 Å². The van der Waals surface area contributed by atoms with Gasteiger partial charge in [-0.1, -0.05) is 19.1 Å². The molecular formula is C16H23NO4S. The van der Waals surface area contributed by atoms with E-state index in [1.165, 1.54) is 0 Å². The molecule has 2 N–H and O–H groups in total. The van der Waals surface area contributed by atoms with E-state index in [-0.39, 0.29) is 17.4 Å². The summed E-state index contributed by atoms with van der Waals surface area (Å²) in [5.74, 6) is -0.674. The maximum absolute atomic E-state index is 11.6. The normalized spacial score (nSPS) is 22.2. The van der Waals surface area contributed by atoms with E-state index in [1.54, 1.807) is 6.92 Å². The minimum atomic E-state index is -3.00. The van der Waals surface area contributed by atoms with Gasteiger partial charge in [0.15, 0.2) is 9.84 Å². The van der Waals surface area contributed by atoms with Crippen LogP contribution in [0.3, 0.4) is 0 Å². The van der Waals surface area contributed by atoms with Crippen molar-refractivity contribution >= 4 is 21.5 Å². The number of hydrogen-bond donors (Lipinski definition) is 2. The van der Waals surface area contributed by atoms with Crippen molar-refractivity contribution in [2.75, 3.05) is 11.1 Å². The summed E-state index contributed by atoms with van der Waals surface area (Å²) in [7, 11) is -3.00. The monoisotopic (exact) mass is 325 g/mol. The second-order valence-corrected chi connectivity index (χ2v) is 8.26. The number of anilines is 1. The topological polar surface area (TPSA) is 83.5 Å². The van der Waals surface area contributed by atoms with E-state index in [0.29, 0.717) is 18.9 Å². The Morgan fingerprint density at radius 2 is 1.77 bits per heavy atom. The van der Waals surface area contributed by atoms with Crippen molar-refractivity contribution in [2.45, 2.75) is 44.4 Å². The zero-order valence-electron chi connectivity index (χ0n) is 12.8. The second kappa shape index (κ2) is 7.13. The van der Waals surface area contributed by atoms with Gasteiger partial charge >= 0.3 is 5.97 Å². The number of carboxylic acid groups (broad SMARTS) is 1. The SMILES string of the molecule is CCS(=O)(=O)Cc1ccc(NC2CCC(C(=O)O)CC2)cc1. The van der Waals surface area contributed by atoms with E-state index in [4.69, 9.17) is 5.11 Å². The first kappa shape index (κ1) is 16.8. The molecule has 0 amide bonds. The molecule has 1 saturated carbocycles. The Kier molecular flexibility index (Phi) is 5.45. The Balaban J connectivity index is 1.88. The van der Waals surface area contributed by atoms with Gasteiger partial charge in [0.1, 0.15) is 0 Å². The Morgan fingerprint density at radius 1 is 1.18 bits per heavy atom. The van der Waals surface area contributed by atoms with Gasteiger partial charge in [-0.3, -0.25) is 4.79 Å². The first-order valence-corrected chi connectivity index (χ1v) is 9.50. The average molecular weight is 325 g/mol. The molecule has 0 radical (unpaired) electrons. The van der Waals surface area contributed by atoms with Crippen LogP contribution < -0.4 is 5.32 Å². The van der Waals surface area contributed by atoms with Crippen molar-refractivity contribution in [3.8, 4) is 0 Å². The van der Waals surface area contributed by atoms with E-state index < -0.39 is 15.8 Å². The standard InChI is InChI=1S/C16H23NO4S/c1-2-22(20,21)11-12-3-7-14(8-4-12)17-15-9-5-13(6-10-15)16(18)19/h3-4,7-8,13,15,17H,2,5-6,9-11H2,1H3,(H,18,19). The minimum absolute atomic E-state index is 0.0769. The predicted molar refractivity (Wildman–Crippen MR) is 86.6 cm³/mol. The van der Waals surface area contributed by atoms with E-state index in [9.17, 15) is 13.2 Å². The highest BCUT2D eigenvalue weighted by Gasteiger charge is 2.25. The van der Waals surface area contributed by atoms with Crippen LogP contribution in [-0.2, 0) is 20.4 Å². The molecule has 0 spiro atoms. The maximum Gasteiger partial charge on any atom is 0.306 e. The molecule has 0 saturated heterocycles. The summed E-state index contributed by atoms with van der Waals surface area (Å²) in [4.78, 5) is 10.9. The summed E-state index contributed by atoms with van der Waals surface area (Å²) in [5.41, 5.74) is 1.75. The van der Waals surface area contributed by atoms with Crippen LogP contribution in [0, 0.1) is 5.92 Å². The number of aliphatic carboxylic acids is 1. The molecule has 0 atom stereocenters. The molecule has 0 aromatic heterocycles. The number of nitrogens with one attached hydrogen (secondary N) is 1. The van der Waals surface area contributed by atoms with Crippen molar-refractivity contribution in [1.29, 1.82) is 0 Å². The molecule has 22 heavy (non-hydrogen) atoms. The highest BCUT2D eigenvalue weighted by atomic mass is 32.2. The van der Waals surface area contributed by atoms with Gasteiger partial charge in [-0.2, -0.15) is 0 Å². The van der Waals surface area contributed by atoms with Gasteiger partial charge in [0, 0.05) is 17.5 Å². The molecule has 5 nitrogen and oxygen atoms in total. The average Bonchev–Trinajstić information content (AvgIpc) is 2.49. The van der Waals surface area contributed by atoms with Gasteiger partial charge in [-0.15, -0.1) is 0 Å². The van der Waals surface area contributed by atoms with Gasteiger partial charge in [0.05, 0.1) is 11.7 Å². The molecule has 1 aromatic carbocycles. The molecule has 1 fully saturated rings. The number of carboxylic acids is 1. The molecule has 6 heteroatoms. The zero-order chi connectivity index (χ0) is 16.2. The second-order valence-electron chi connectivity index (χ2n) is 5.90. The molecular weight excluding hydrogens is 302 g/mol. The summed E-state index contributed by atoms with van der Waals surface area (Å²) in [5, 5.41) is 12.4. The Labute approximate surface area is 131 Å². The van der Waals surface area contributed by atoms with Gasteiger partial charge in [-0.25, -0.2) is 8.42 Å². The van der Waals surface area contributed by atoms with Crippen molar-refractivity contribution in [2.24, 2.45) is 5.92 Å². The molecule has 0 heterocycles. The van der Waals surface area contributed by atoms with Gasteiger partial charge in [-0.05, 0) is 43.4 Å². The van der Waals surface area contributed by atoms with Gasteiger partial charge < -0.3 is 10.4 Å². The molecule has 0 bridgehead atoms. The lowest BCUT2D eigenvalue weighted by molar-refractivity contribution is -0.142. The number of hydrogen-bond acceptors (Lipinski definition) is 4.